The van der Waals surface area contributed by atoms with E-state index in [0.29, 0.717) is 24.5 Å². The lowest BCUT2D eigenvalue weighted by atomic mass is 9.91. The summed E-state index contributed by atoms with van der Waals surface area (Å²) in [6, 6.07) is 0.287. The maximum Gasteiger partial charge on any atom is 0.321 e. The fourth-order valence-electron chi connectivity index (χ4n) is 2.58. The number of imide groups is 1. The number of hydrogen-bond acceptors (Lipinski definition) is 4. The van der Waals surface area contributed by atoms with Gasteiger partial charge in [0.15, 0.2) is 0 Å². The van der Waals surface area contributed by atoms with Gasteiger partial charge >= 0.3 is 6.03 Å². The predicted octanol–water partition coefficient (Wildman–Crippen LogP) is 1.06. The largest absolute Gasteiger partial charge is 0.338 e. The second-order valence-electron chi connectivity index (χ2n) is 6.47. The predicted molar refractivity (Wildman–Crippen MR) is 83.9 cm³/mol. The molecule has 1 saturated carbocycles. The second-order valence-corrected chi connectivity index (χ2v) is 6.47. The van der Waals surface area contributed by atoms with E-state index >= 15 is 0 Å². The van der Waals surface area contributed by atoms with Gasteiger partial charge in [-0.3, -0.25) is 15.0 Å². The van der Waals surface area contributed by atoms with Crippen molar-refractivity contribution < 1.29 is 9.59 Å². The molecule has 0 atom stereocenters. The van der Waals surface area contributed by atoms with Crippen LogP contribution in [-0.2, 0) is 4.79 Å². The SMILES string of the molecule is CC(C)CCNC(=O)NC(=O)CN(C)C1CCC(N)CC1. The summed E-state index contributed by atoms with van der Waals surface area (Å²) < 4.78 is 0. The van der Waals surface area contributed by atoms with E-state index in [1.54, 1.807) is 0 Å². The summed E-state index contributed by atoms with van der Waals surface area (Å²) in [7, 11) is 1.93. The first kappa shape index (κ1) is 17.9. The molecular weight excluding hydrogens is 268 g/mol. The molecule has 0 heterocycles. The van der Waals surface area contributed by atoms with Crippen LogP contribution in [0.1, 0.15) is 46.0 Å². The molecule has 4 N–H and O–H groups in total. The van der Waals surface area contributed by atoms with Crippen LogP contribution in [-0.4, -0.2) is 49.1 Å². The molecule has 6 heteroatoms. The molecular formula is C15H30N4O2. The minimum Gasteiger partial charge on any atom is -0.338 e. The molecule has 0 radical (unpaired) electrons. The van der Waals surface area contributed by atoms with Gasteiger partial charge in [-0.15, -0.1) is 0 Å². The normalized spacial score (nSPS) is 22.4. The summed E-state index contributed by atoms with van der Waals surface area (Å²) in [5.41, 5.74) is 5.88. The highest BCUT2D eigenvalue weighted by Crippen LogP contribution is 2.20. The zero-order valence-corrected chi connectivity index (χ0v) is 13.5. The maximum atomic E-state index is 11.8. The Kier molecular flexibility index (Phi) is 7.67. The third-order valence-corrected chi connectivity index (χ3v) is 4.02. The van der Waals surface area contributed by atoms with Crippen molar-refractivity contribution in [1.82, 2.24) is 15.5 Å². The Labute approximate surface area is 127 Å². The zero-order chi connectivity index (χ0) is 15.8. The Morgan fingerprint density at radius 3 is 2.43 bits per heavy atom. The first-order valence-electron chi connectivity index (χ1n) is 7.92. The highest BCUT2D eigenvalue weighted by molar-refractivity contribution is 5.95. The minimum atomic E-state index is -0.403. The van der Waals surface area contributed by atoms with Gasteiger partial charge in [-0.1, -0.05) is 13.8 Å². The molecule has 122 valence electrons. The van der Waals surface area contributed by atoms with Crippen molar-refractivity contribution in [1.29, 1.82) is 0 Å². The minimum absolute atomic E-state index is 0.248. The summed E-state index contributed by atoms with van der Waals surface area (Å²) in [6.07, 6.45) is 4.96. The first-order valence-corrected chi connectivity index (χ1v) is 7.92. The Bertz CT molecular complexity index is 339. The van der Waals surface area contributed by atoms with Crippen molar-refractivity contribution in [2.75, 3.05) is 20.1 Å². The smallest absolute Gasteiger partial charge is 0.321 e. The highest BCUT2D eigenvalue weighted by atomic mass is 16.2. The summed E-state index contributed by atoms with van der Waals surface area (Å²) in [5, 5.41) is 5.07. The fraction of sp³-hybridized carbons (Fsp3) is 0.867. The van der Waals surface area contributed by atoms with Crippen LogP contribution >= 0.6 is 0 Å². The molecule has 0 spiro atoms. The molecule has 1 aliphatic carbocycles. The fourth-order valence-corrected chi connectivity index (χ4v) is 2.58. The van der Waals surface area contributed by atoms with Crippen LogP contribution in [0.15, 0.2) is 0 Å². The third-order valence-electron chi connectivity index (χ3n) is 4.02. The number of likely N-dealkylation sites (N-methyl/N-ethyl adjacent to an activating group) is 1. The average molecular weight is 298 g/mol. The van der Waals surface area contributed by atoms with Crippen molar-refractivity contribution >= 4 is 11.9 Å². The van der Waals surface area contributed by atoms with Gasteiger partial charge in [0.05, 0.1) is 6.54 Å². The van der Waals surface area contributed by atoms with Crippen molar-refractivity contribution in [2.45, 2.75) is 58.0 Å². The number of rotatable bonds is 6. The summed E-state index contributed by atoms with van der Waals surface area (Å²) in [5.74, 6) is 0.277. The molecule has 21 heavy (non-hydrogen) atoms. The van der Waals surface area contributed by atoms with Gasteiger partial charge in [0, 0.05) is 18.6 Å². The lowest BCUT2D eigenvalue weighted by Gasteiger charge is -2.32. The van der Waals surface area contributed by atoms with Gasteiger partial charge in [0.1, 0.15) is 0 Å². The molecule has 1 fully saturated rings. The Hall–Kier alpha value is -1.14. The number of carbonyl (C=O) groups excluding carboxylic acids is 2. The Morgan fingerprint density at radius 2 is 1.86 bits per heavy atom. The van der Waals surface area contributed by atoms with Crippen LogP contribution in [0.5, 0.6) is 0 Å². The molecule has 0 aromatic carbocycles. The maximum absolute atomic E-state index is 11.8. The van der Waals surface area contributed by atoms with Crippen LogP contribution in [0.25, 0.3) is 0 Å². The van der Waals surface area contributed by atoms with E-state index in [1.165, 1.54) is 0 Å². The standard InChI is InChI=1S/C15H30N4O2/c1-11(2)8-9-17-15(21)18-14(20)10-19(3)13-6-4-12(16)5-7-13/h11-13H,4-10,16H2,1-3H3,(H2,17,18,20,21). The lowest BCUT2D eigenvalue weighted by Crippen LogP contribution is -2.47. The molecule has 0 aromatic rings. The number of hydrogen-bond donors (Lipinski definition) is 3. The molecule has 6 nitrogen and oxygen atoms in total. The number of nitrogens with two attached hydrogens (primary N) is 1. The van der Waals surface area contributed by atoms with E-state index < -0.39 is 6.03 Å². The van der Waals surface area contributed by atoms with Crippen LogP contribution < -0.4 is 16.4 Å². The number of carbonyl (C=O) groups is 2. The number of amides is 3. The first-order chi connectivity index (χ1) is 9.88. The Morgan fingerprint density at radius 1 is 1.24 bits per heavy atom. The highest BCUT2D eigenvalue weighted by Gasteiger charge is 2.23. The van der Waals surface area contributed by atoms with Crippen molar-refractivity contribution in [2.24, 2.45) is 11.7 Å². The molecule has 3 amide bonds. The van der Waals surface area contributed by atoms with E-state index in [4.69, 9.17) is 5.73 Å². The lowest BCUT2D eigenvalue weighted by molar-refractivity contribution is -0.121. The van der Waals surface area contributed by atoms with Gasteiger partial charge in [0.25, 0.3) is 0 Å². The average Bonchev–Trinajstić information content (AvgIpc) is 2.38. The molecule has 0 aliphatic heterocycles. The van der Waals surface area contributed by atoms with Crippen LogP contribution in [0.3, 0.4) is 0 Å². The molecule has 0 unspecified atom stereocenters. The third kappa shape index (κ3) is 7.43. The zero-order valence-electron chi connectivity index (χ0n) is 13.5. The van der Waals surface area contributed by atoms with Gasteiger partial charge in [-0.25, -0.2) is 4.79 Å². The van der Waals surface area contributed by atoms with E-state index in [2.05, 4.69) is 24.5 Å². The topological polar surface area (TPSA) is 87.5 Å². The molecule has 1 aliphatic rings. The number of nitrogens with zero attached hydrogens (tertiary/aromatic N) is 1. The monoisotopic (exact) mass is 298 g/mol. The summed E-state index contributed by atoms with van der Waals surface area (Å²) in [4.78, 5) is 25.4. The van der Waals surface area contributed by atoms with Gasteiger partial charge in [-0.2, -0.15) is 0 Å². The van der Waals surface area contributed by atoms with Crippen molar-refractivity contribution in [3.05, 3.63) is 0 Å². The molecule has 0 bridgehead atoms. The Balaban J connectivity index is 2.21. The van der Waals surface area contributed by atoms with E-state index in [9.17, 15) is 9.59 Å². The molecule has 0 saturated heterocycles. The van der Waals surface area contributed by atoms with Gasteiger partial charge in [-0.05, 0) is 45.1 Å². The van der Waals surface area contributed by atoms with Crippen LogP contribution in [0.4, 0.5) is 4.79 Å². The van der Waals surface area contributed by atoms with Crippen LogP contribution in [0.2, 0.25) is 0 Å². The molecule has 0 aromatic heterocycles. The van der Waals surface area contributed by atoms with E-state index in [1.807, 2.05) is 11.9 Å². The summed E-state index contributed by atoms with van der Waals surface area (Å²) >= 11 is 0. The van der Waals surface area contributed by atoms with Crippen LogP contribution in [0, 0.1) is 5.92 Å². The van der Waals surface area contributed by atoms with E-state index in [-0.39, 0.29) is 12.5 Å². The number of nitrogens with one attached hydrogen (secondary N) is 2. The van der Waals surface area contributed by atoms with Crippen molar-refractivity contribution in [3.63, 3.8) is 0 Å². The van der Waals surface area contributed by atoms with E-state index in [0.717, 1.165) is 32.1 Å². The summed E-state index contributed by atoms with van der Waals surface area (Å²) in [6.45, 7) is 5.02. The number of urea groups is 1. The molecule has 1 rings (SSSR count). The van der Waals surface area contributed by atoms with Gasteiger partial charge < -0.3 is 11.1 Å². The second kappa shape index (κ2) is 9.00. The van der Waals surface area contributed by atoms with Crippen molar-refractivity contribution in [3.8, 4) is 0 Å². The van der Waals surface area contributed by atoms with Gasteiger partial charge in [0.2, 0.25) is 5.91 Å². The quantitative estimate of drug-likeness (QED) is 0.684.